The summed E-state index contributed by atoms with van der Waals surface area (Å²) in [6.45, 7) is 11.1. The molecule has 2 aliphatic rings. The molecular formula is C28H39N3O5. The molecule has 0 radical (unpaired) electrons. The van der Waals surface area contributed by atoms with Gasteiger partial charge in [0.2, 0.25) is 5.91 Å². The first kappa shape index (κ1) is 26.1. The number of hydrogen-bond acceptors (Lipinski definition) is 7. The Morgan fingerprint density at radius 3 is 2.11 bits per heavy atom. The van der Waals surface area contributed by atoms with E-state index in [9.17, 15) is 4.79 Å². The van der Waals surface area contributed by atoms with Crippen LogP contribution in [-0.4, -0.2) is 80.9 Å². The Morgan fingerprint density at radius 2 is 1.44 bits per heavy atom. The molecule has 1 amide bonds. The summed E-state index contributed by atoms with van der Waals surface area (Å²) < 4.78 is 23.1. The van der Waals surface area contributed by atoms with E-state index < -0.39 is 0 Å². The van der Waals surface area contributed by atoms with E-state index in [1.807, 2.05) is 44.2 Å². The zero-order valence-corrected chi connectivity index (χ0v) is 21.5. The van der Waals surface area contributed by atoms with Crippen molar-refractivity contribution in [3.8, 4) is 23.0 Å². The largest absolute Gasteiger partial charge is 0.494 e. The maximum atomic E-state index is 12.1. The summed E-state index contributed by atoms with van der Waals surface area (Å²) in [5.41, 5.74) is 1.19. The number of amides is 1. The first-order valence-electron chi connectivity index (χ1n) is 13.1. The second-order valence-corrected chi connectivity index (χ2v) is 9.21. The molecule has 36 heavy (non-hydrogen) atoms. The molecule has 0 aromatic heterocycles. The fourth-order valence-corrected chi connectivity index (χ4v) is 4.22. The molecule has 2 aromatic carbocycles. The molecule has 0 unspecified atom stereocenters. The van der Waals surface area contributed by atoms with Gasteiger partial charge in [0.1, 0.15) is 24.7 Å². The zero-order chi connectivity index (χ0) is 25.2. The van der Waals surface area contributed by atoms with Gasteiger partial charge in [-0.15, -0.1) is 0 Å². The van der Waals surface area contributed by atoms with Crippen LogP contribution >= 0.6 is 0 Å². The van der Waals surface area contributed by atoms with E-state index in [1.54, 1.807) is 0 Å². The normalized spacial score (nSPS) is 16.4. The molecule has 1 aliphatic carbocycles. The highest BCUT2D eigenvalue weighted by Crippen LogP contribution is 2.29. The summed E-state index contributed by atoms with van der Waals surface area (Å²) >= 11 is 0. The van der Waals surface area contributed by atoms with Crippen LogP contribution in [0, 0.1) is 0 Å². The van der Waals surface area contributed by atoms with E-state index in [0.717, 1.165) is 68.6 Å². The molecule has 1 saturated heterocycles. The van der Waals surface area contributed by atoms with Gasteiger partial charge >= 0.3 is 0 Å². The summed E-state index contributed by atoms with van der Waals surface area (Å²) in [7, 11) is 0. The summed E-state index contributed by atoms with van der Waals surface area (Å²) in [4.78, 5) is 16.7. The van der Waals surface area contributed by atoms with Crippen LogP contribution in [0.5, 0.6) is 23.0 Å². The number of carbonyl (C=O) groups is 1. The number of benzene rings is 2. The number of carbonyl (C=O) groups excluding carboxylic acids is 1. The third-order valence-corrected chi connectivity index (χ3v) is 6.23. The van der Waals surface area contributed by atoms with E-state index >= 15 is 0 Å². The Kier molecular flexibility index (Phi) is 9.69. The lowest BCUT2D eigenvalue weighted by Crippen LogP contribution is -2.49. The van der Waals surface area contributed by atoms with Gasteiger partial charge in [-0.3, -0.25) is 14.6 Å². The van der Waals surface area contributed by atoms with Crippen LogP contribution in [0.2, 0.25) is 0 Å². The van der Waals surface area contributed by atoms with Crippen molar-refractivity contribution in [1.29, 1.82) is 0 Å². The van der Waals surface area contributed by atoms with Crippen LogP contribution in [-0.2, 0) is 11.3 Å². The van der Waals surface area contributed by atoms with E-state index in [2.05, 4.69) is 27.2 Å². The van der Waals surface area contributed by atoms with Gasteiger partial charge in [0.25, 0.3) is 0 Å². The molecule has 1 heterocycles. The molecule has 2 fully saturated rings. The van der Waals surface area contributed by atoms with Crippen molar-refractivity contribution in [3.63, 3.8) is 0 Å². The third kappa shape index (κ3) is 8.31. The summed E-state index contributed by atoms with van der Waals surface area (Å²) in [5.74, 6) is 3.26. The fraction of sp³-hybridized carbons (Fsp3) is 0.536. The van der Waals surface area contributed by atoms with Gasteiger partial charge in [-0.2, -0.15) is 0 Å². The minimum atomic E-state index is 0.160. The molecule has 0 atom stereocenters. The molecule has 2 aromatic rings. The molecule has 8 heteroatoms. The molecule has 1 saturated carbocycles. The van der Waals surface area contributed by atoms with Crippen LogP contribution in [0.15, 0.2) is 42.5 Å². The SMILES string of the molecule is CCOc1ccc(OCCOc2ccc(CN3CCN(CC(=O)NC4CC4)CC3)cc2OCC)cc1. The van der Waals surface area contributed by atoms with Crippen LogP contribution < -0.4 is 24.3 Å². The Labute approximate surface area is 214 Å². The molecule has 196 valence electrons. The van der Waals surface area contributed by atoms with Gasteiger partial charge in [0, 0.05) is 38.8 Å². The van der Waals surface area contributed by atoms with Crippen LogP contribution in [0.4, 0.5) is 0 Å². The number of ether oxygens (including phenoxy) is 4. The Hall–Kier alpha value is -2.97. The Morgan fingerprint density at radius 1 is 0.806 bits per heavy atom. The molecule has 0 bridgehead atoms. The standard InChI is InChI=1S/C28H39N3O5/c1-3-33-24-8-10-25(11-9-24)35-17-18-36-26-12-5-22(19-27(26)34-4-2)20-30-13-15-31(16-14-30)21-28(32)29-23-6-7-23/h5,8-12,19,23H,3-4,6-7,13-18,20-21H2,1-2H3,(H,29,32). The predicted molar refractivity (Wildman–Crippen MR) is 139 cm³/mol. The average Bonchev–Trinajstić information content (AvgIpc) is 3.69. The smallest absolute Gasteiger partial charge is 0.234 e. The van der Waals surface area contributed by atoms with E-state index in [-0.39, 0.29) is 5.91 Å². The van der Waals surface area contributed by atoms with Crippen molar-refractivity contribution in [2.45, 2.75) is 39.3 Å². The molecule has 8 nitrogen and oxygen atoms in total. The maximum Gasteiger partial charge on any atom is 0.234 e. The lowest BCUT2D eigenvalue weighted by Gasteiger charge is -2.34. The van der Waals surface area contributed by atoms with Crippen LogP contribution in [0.1, 0.15) is 32.3 Å². The summed E-state index contributed by atoms with van der Waals surface area (Å²) in [6.07, 6.45) is 2.26. The van der Waals surface area contributed by atoms with Gasteiger partial charge in [-0.25, -0.2) is 0 Å². The van der Waals surface area contributed by atoms with Crippen molar-refractivity contribution >= 4 is 5.91 Å². The van der Waals surface area contributed by atoms with E-state index in [1.165, 1.54) is 5.56 Å². The number of nitrogens with one attached hydrogen (secondary N) is 1. The molecule has 1 aliphatic heterocycles. The molecular weight excluding hydrogens is 458 g/mol. The minimum Gasteiger partial charge on any atom is -0.494 e. The van der Waals surface area contributed by atoms with Gasteiger partial charge in [0.15, 0.2) is 11.5 Å². The van der Waals surface area contributed by atoms with Gasteiger partial charge in [-0.05, 0) is 68.7 Å². The second kappa shape index (κ2) is 13.4. The van der Waals surface area contributed by atoms with E-state index in [0.29, 0.717) is 39.0 Å². The van der Waals surface area contributed by atoms with Crippen molar-refractivity contribution in [3.05, 3.63) is 48.0 Å². The Balaban J connectivity index is 1.21. The van der Waals surface area contributed by atoms with Crippen molar-refractivity contribution in [2.75, 3.05) is 59.2 Å². The van der Waals surface area contributed by atoms with Crippen LogP contribution in [0.3, 0.4) is 0 Å². The molecule has 0 spiro atoms. The van der Waals surface area contributed by atoms with E-state index in [4.69, 9.17) is 18.9 Å². The molecule has 4 rings (SSSR count). The lowest BCUT2D eigenvalue weighted by molar-refractivity contribution is -0.122. The lowest BCUT2D eigenvalue weighted by atomic mass is 10.1. The number of rotatable bonds is 14. The van der Waals surface area contributed by atoms with Crippen molar-refractivity contribution in [2.24, 2.45) is 0 Å². The monoisotopic (exact) mass is 497 g/mol. The second-order valence-electron chi connectivity index (χ2n) is 9.21. The quantitative estimate of drug-likeness (QED) is 0.402. The first-order valence-corrected chi connectivity index (χ1v) is 13.1. The highest BCUT2D eigenvalue weighted by atomic mass is 16.5. The average molecular weight is 498 g/mol. The number of hydrogen-bond donors (Lipinski definition) is 1. The summed E-state index contributed by atoms with van der Waals surface area (Å²) in [5, 5.41) is 3.08. The first-order chi connectivity index (χ1) is 17.6. The fourth-order valence-electron chi connectivity index (χ4n) is 4.22. The predicted octanol–water partition coefficient (Wildman–Crippen LogP) is 3.34. The minimum absolute atomic E-state index is 0.160. The van der Waals surface area contributed by atoms with Crippen molar-refractivity contribution < 1.29 is 23.7 Å². The zero-order valence-electron chi connectivity index (χ0n) is 21.5. The molecule has 1 N–H and O–H groups in total. The van der Waals surface area contributed by atoms with Crippen LogP contribution in [0.25, 0.3) is 0 Å². The highest BCUT2D eigenvalue weighted by Gasteiger charge is 2.25. The topological polar surface area (TPSA) is 72.5 Å². The van der Waals surface area contributed by atoms with Gasteiger partial charge in [0.05, 0.1) is 19.8 Å². The van der Waals surface area contributed by atoms with Gasteiger partial charge < -0.3 is 24.3 Å². The maximum absolute atomic E-state index is 12.1. The number of piperazine rings is 1. The third-order valence-electron chi connectivity index (χ3n) is 6.23. The number of nitrogens with zero attached hydrogens (tertiary/aromatic N) is 2. The highest BCUT2D eigenvalue weighted by molar-refractivity contribution is 5.78. The summed E-state index contributed by atoms with van der Waals surface area (Å²) in [6, 6.07) is 14.2. The van der Waals surface area contributed by atoms with Gasteiger partial charge in [-0.1, -0.05) is 6.07 Å². The Bertz CT molecular complexity index is 956. The van der Waals surface area contributed by atoms with Crippen molar-refractivity contribution in [1.82, 2.24) is 15.1 Å².